The molecule has 0 aromatic heterocycles. The molecule has 0 aromatic rings. The van der Waals surface area contributed by atoms with Crippen molar-refractivity contribution in [2.45, 2.75) is 213 Å². The zero-order valence-electron chi connectivity index (χ0n) is 27.1. The number of hydrogen-bond acceptors (Lipinski definition) is 1. The summed E-state index contributed by atoms with van der Waals surface area (Å²) in [6.45, 7) is 4.27. The van der Waals surface area contributed by atoms with Gasteiger partial charge in [0.15, 0.2) is 0 Å². The zero-order valence-corrected chi connectivity index (χ0v) is 27.1. The Morgan fingerprint density at radius 2 is 0.615 bits per heavy atom. The molecule has 230 valence electrons. The molecule has 1 heteroatoms. The Morgan fingerprint density at radius 3 is 0.897 bits per heavy atom. The summed E-state index contributed by atoms with van der Waals surface area (Å²) in [6.07, 6.45) is 51.2. The highest BCUT2D eigenvalue weighted by molar-refractivity contribution is 5.77. The molecule has 0 aliphatic rings. The van der Waals surface area contributed by atoms with Crippen LogP contribution in [0.3, 0.4) is 0 Å². The average Bonchev–Trinajstić information content (AvgIpc) is 2.95. The Hall–Kier alpha value is -0.850. The molecule has 0 heterocycles. The first-order chi connectivity index (χ1) is 19.3. The van der Waals surface area contributed by atoms with E-state index in [1.807, 2.05) is 6.92 Å². The molecule has 0 amide bonds. The van der Waals surface area contributed by atoms with Gasteiger partial charge in [-0.15, -0.1) is 0 Å². The summed E-state index contributed by atoms with van der Waals surface area (Å²) in [5, 5.41) is 0. The van der Waals surface area contributed by atoms with E-state index in [0.29, 0.717) is 12.2 Å². The van der Waals surface area contributed by atoms with Crippen molar-refractivity contribution in [2.24, 2.45) is 0 Å². The van der Waals surface area contributed by atoms with Crippen molar-refractivity contribution in [3.8, 4) is 0 Å². The number of hydrogen-bond donors (Lipinski definition) is 0. The van der Waals surface area contributed by atoms with Crippen LogP contribution in [-0.4, -0.2) is 5.78 Å². The summed E-state index contributed by atoms with van der Waals surface area (Å²) in [6, 6.07) is 0. The molecule has 0 saturated heterocycles. The largest absolute Gasteiger partial charge is 0.300 e. The number of allylic oxidation sites excluding steroid dienone is 4. The molecule has 0 bridgehead atoms. The monoisotopic (exact) mass is 545 g/mol. The molecule has 0 unspecified atom stereocenters. The third-order valence-electron chi connectivity index (χ3n) is 8.27. The third-order valence-corrected chi connectivity index (χ3v) is 8.27. The average molecular weight is 545 g/mol. The molecule has 0 spiro atoms. The van der Waals surface area contributed by atoms with E-state index in [1.165, 1.54) is 180 Å². The van der Waals surface area contributed by atoms with Crippen LogP contribution in [0.4, 0.5) is 0 Å². The molecule has 0 fully saturated rings. The maximum atomic E-state index is 11.3. The molecule has 39 heavy (non-hydrogen) atoms. The normalized spacial score (nSPS) is 11.8. The fraction of sp³-hybridized carbons (Fsp3) is 0.868. The maximum Gasteiger partial charge on any atom is 0.132 e. The number of rotatable bonds is 33. The summed E-state index contributed by atoms with van der Waals surface area (Å²) in [5.74, 6) is 0.434. The predicted molar refractivity (Wildman–Crippen MR) is 178 cm³/mol. The maximum absolute atomic E-state index is 11.3. The minimum absolute atomic E-state index is 0.434. The highest BCUT2D eigenvalue weighted by Gasteiger charge is 1.98. The molecule has 0 radical (unpaired) electrons. The molecule has 0 N–H and O–H groups in total. The van der Waals surface area contributed by atoms with Gasteiger partial charge in [0, 0.05) is 12.8 Å². The SMILES string of the molecule is CCCCCCCCCCCCC=CCCCCCCCC=CCCCCCCCCCCCCC(=O)CC. The minimum atomic E-state index is 0.434. The quantitative estimate of drug-likeness (QED) is 0.0593. The first kappa shape index (κ1) is 38.1. The fourth-order valence-electron chi connectivity index (χ4n) is 5.45. The van der Waals surface area contributed by atoms with E-state index in [4.69, 9.17) is 0 Å². The van der Waals surface area contributed by atoms with Crippen molar-refractivity contribution in [3.05, 3.63) is 24.3 Å². The van der Waals surface area contributed by atoms with E-state index in [2.05, 4.69) is 31.2 Å². The van der Waals surface area contributed by atoms with E-state index < -0.39 is 0 Å². The van der Waals surface area contributed by atoms with E-state index in [0.717, 1.165) is 12.8 Å². The second kappa shape index (κ2) is 35.2. The molecule has 0 atom stereocenters. The lowest BCUT2D eigenvalue weighted by Gasteiger charge is -2.02. The minimum Gasteiger partial charge on any atom is -0.300 e. The van der Waals surface area contributed by atoms with Crippen LogP contribution in [-0.2, 0) is 4.79 Å². The van der Waals surface area contributed by atoms with Crippen molar-refractivity contribution >= 4 is 5.78 Å². The third kappa shape index (κ3) is 35.1. The van der Waals surface area contributed by atoms with Gasteiger partial charge in [-0.2, -0.15) is 0 Å². The lowest BCUT2D eigenvalue weighted by molar-refractivity contribution is -0.118. The highest BCUT2D eigenvalue weighted by Crippen LogP contribution is 2.14. The van der Waals surface area contributed by atoms with Gasteiger partial charge in [0.25, 0.3) is 0 Å². The Labute approximate surface area is 247 Å². The van der Waals surface area contributed by atoms with E-state index in [-0.39, 0.29) is 0 Å². The first-order valence-corrected chi connectivity index (χ1v) is 18.1. The number of unbranched alkanes of at least 4 members (excludes halogenated alkanes) is 26. The van der Waals surface area contributed by atoms with Crippen LogP contribution < -0.4 is 0 Å². The van der Waals surface area contributed by atoms with Gasteiger partial charge < -0.3 is 0 Å². The summed E-state index contributed by atoms with van der Waals surface area (Å²) < 4.78 is 0. The van der Waals surface area contributed by atoms with Crippen LogP contribution in [0.2, 0.25) is 0 Å². The summed E-state index contributed by atoms with van der Waals surface area (Å²) in [5.41, 5.74) is 0. The van der Waals surface area contributed by atoms with Crippen LogP contribution in [0, 0.1) is 0 Å². The Morgan fingerprint density at radius 1 is 0.359 bits per heavy atom. The van der Waals surface area contributed by atoms with Gasteiger partial charge in [0.2, 0.25) is 0 Å². The van der Waals surface area contributed by atoms with Crippen molar-refractivity contribution in [2.75, 3.05) is 0 Å². The summed E-state index contributed by atoms with van der Waals surface area (Å²) >= 11 is 0. The van der Waals surface area contributed by atoms with Gasteiger partial charge in [0.1, 0.15) is 5.78 Å². The zero-order chi connectivity index (χ0) is 28.3. The van der Waals surface area contributed by atoms with Crippen LogP contribution >= 0.6 is 0 Å². The van der Waals surface area contributed by atoms with Crippen molar-refractivity contribution in [1.29, 1.82) is 0 Å². The molecular weight excluding hydrogens is 472 g/mol. The highest BCUT2D eigenvalue weighted by atomic mass is 16.1. The van der Waals surface area contributed by atoms with E-state index in [9.17, 15) is 4.79 Å². The number of Topliss-reactive ketones (excluding diaryl/α,β-unsaturated/α-hetero) is 1. The van der Waals surface area contributed by atoms with E-state index >= 15 is 0 Å². The Kier molecular flexibility index (Phi) is 34.4. The number of carbonyl (C=O) groups is 1. The number of carbonyl (C=O) groups excluding carboxylic acids is 1. The molecule has 0 saturated carbocycles. The van der Waals surface area contributed by atoms with Crippen LogP contribution in [0.25, 0.3) is 0 Å². The van der Waals surface area contributed by atoms with Crippen molar-refractivity contribution in [3.63, 3.8) is 0 Å². The lowest BCUT2D eigenvalue weighted by atomic mass is 10.0. The Balaban J connectivity index is 3.16. The van der Waals surface area contributed by atoms with Gasteiger partial charge in [-0.1, -0.05) is 167 Å². The second-order valence-electron chi connectivity index (χ2n) is 12.2. The van der Waals surface area contributed by atoms with Gasteiger partial charge in [-0.05, 0) is 57.8 Å². The molecule has 1 nitrogen and oxygen atoms in total. The van der Waals surface area contributed by atoms with Crippen molar-refractivity contribution in [1.82, 2.24) is 0 Å². The van der Waals surface area contributed by atoms with Crippen LogP contribution in [0.15, 0.2) is 24.3 Å². The second-order valence-corrected chi connectivity index (χ2v) is 12.2. The van der Waals surface area contributed by atoms with Gasteiger partial charge in [-0.25, -0.2) is 0 Å². The molecule has 0 aliphatic heterocycles. The Bertz CT molecular complexity index is 517. The number of ketones is 1. The summed E-state index contributed by atoms with van der Waals surface area (Å²) in [7, 11) is 0. The van der Waals surface area contributed by atoms with Crippen LogP contribution in [0.1, 0.15) is 213 Å². The van der Waals surface area contributed by atoms with Gasteiger partial charge in [-0.3, -0.25) is 4.79 Å². The smallest absolute Gasteiger partial charge is 0.132 e. The summed E-state index contributed by atoms with van der Waals surface area (Å²) in [4.78, 5) is 11.3. The molecule has 0 aliphatic carbocycles. The molecular formula is C38H72O. The van der Waals surface area contributed by atoms with E-state index in [1.54, 1.807) is 0 Å². The lowest BCUT2D eigenvalue weighted by Crippen LogP contribution is -1.94. The van der Waals surface area contributed by atoms with Crippen LogP contribution in [0.5, 0.6) is 0 Å². The van der Waals surface area contributed by atoms with Crippen molar-refractivity contribution < 1.29 is 4.79 Å². The topological polar surface area (TPSA) is 17.1 Å². The fourth-order valence-corrected chi connectivity index (χ4v) is 5.45. The standard InChI is InChI=1S/C38H72O/c1-3-5-6-7-8-9-10-11-12-13-14-15-16-17-18-19-20-21-22-23-24-25-26-27-28-29-30-31-32-33-34-35-36-37-38(39)4-2/h15-16,24-25H,3-14,17-23,26-37H2,1-2H3. The van der Waals surface area contributed by atoms with Gasteiger partial charge >= 0.3 is 0 Å². The van der Waals surface area contributed by atoms with Gasteiger partial charge in [0.05, 0.1) is 0 Å². The first-order valence-electron chi connectivity index (χ1n) is 18.1. The predicted octanol–water partition coefficient (Wildman–Crippen LogP) is 13.8. The molecule has 0 rings (SSSR count). The molecule has 0 aromatic carbocycles.